The molecule has 5 nitrogen and oxygen atoms in total. The Hall–Kier alpha value is -1.36. The lowest BCUT2D eigenvalue weighted by atomic mass is 9.82. The lowest BCUT2D eigenvalue weighted by Crippen LogP contribution is -2.38. The highest BCUT2D eigenvalue weighted by atomic mass is 16.2. The first-order chi connectivity index (χ1) is 11.6. The summed E-state index contributed by atoms with van der Waals surface area (Å²) in [5.74, 6) is 2.60. The van der Waals surface area contributed by atoms with Crippen LogP contribution in [0.4, 0.5) is 0 Å². The van der Waals surface area contributed by atoms with Crippen LogP contribution in [0, 0.1) is 17.8 Å². The number of nitrogens with one attached hydrogen (secondary N) is 1. The fourth-order valence-electron chi connectivity index (χ4n) is 4.95. The van der Waals surface area contributed by atoms with Gasteiger partial charge in [-0.3, -0.25) is 9.48 Å². The van der Waals surface area contributed by atoms with Crippen molar-refractivity contribution < 1.29 is 4.79 Å². The second-order valence-corrected chi connectivity index (χ2v) is 8.23. The molecular weight excluding hydrogens is 300 g/mol. The van der Waals surface area contributed by atoms with Gasteiger partial charge in [0.15, 0.2) is 0 Å². The highest BCUT2D eigenvalue weighted by Crippen LogP contribution is 2.44. The van der Waals surface area contributed by atoms with Gasteiger partial charge in [-0.15, -0.1) is 0 Å². The van der Waals surface area contributed by atoms with E-state index in [1.807, 2.05) is 29.9 Å². The zero-order valence-corrected chi connectivity index (χ0v) is 14.9. The maximum absolute atomic E-state index is 12.2. The summed E-state index contributed by atoms with van der Waals surface area (Å²) < 4.78 is 1.83. The molecule has 0 aromatic carbocycles. The number of hydrogen-bond acceptors (Lipinski definition) is 3. The van der Waals surface area contributed by atoms with Crippen LogP contribution < -0.4 is 5.32 Å². The molecule has 132 valence electrons. The molecule has 0 radical (unpaired) electrons. The molecule has 1 aromatic rings. The Morgan fingerprint density at radius 1 is 1.21 bits per heavy atom. The smallest absolute Gasteiger partial charge is 0.223 e. The Morgan fingerprint density at radius 3 is 2.75 bits per heavy atom. The van der Waals surface area contributed by atoms with E-state index in [4.69, 9.17) is 0 Å². The highest BCUT2D eigenvalue weighted by molar-refractivity contribution is 5.79. The van der Waals surface area contributed by atoms with Crippen LogP contribution in [-0.4, -0.2) is 40.2 Å². The van der Waals surface area contributed by atoms with Crippen molar-refractivity contribution in [2.45, 2.75) is 57.0 Å². The van der Waals surface area contributed by atoms with E-state index < -0.39 is 0 Å². The van der Waals surface area contributed by atoms with Crippen molar-refractivity contribution in [3.05, 3.63) is 18.0 Å². The van der Waals surface area contributed by atoms with E-state index in [0.717, 1.165) is 23.9 Å². The van der Waals surface area contributed by atoms with Gasteiger partial charge in [0.2, 0.25) is 5.91 Å². The highest BCUT2D eigenvalue weighted by Gasteiger charge is 2.40. The Labute approximate surface area is 144 Å². The molecule has 3 aliphatic rings. The molecule has 2 aliphatic carbocycles. The summed E-state index contributed by atoms with van der Waals surface area (Å²) in [5, 5.41) is 8.12. The van der Waals surface area contributed by atoms with Crippen molar-refractivity contribution in [1.82, 2.24) is 20.0 Å². The molecule has 2 heterocycles. The predicted molar refractivity (Wildman–Crippen MR) is 93.3 cm³/mol. The second kappa shape index (κ2) is 6.51. The van der Waals surface area contributed by atoms with E-state index in [0.29, 0.717) is 18.4 Å². The van der Waals surface area contributed by atoms with Crippen molar-refractivity contribution in [3.8, 4) is 0 Å². The van der Waals surface area contributed by atoms with Gasteiger partial charge in [-0.2, -0.15) is 5.10 Å². The van der Waals surface area contributed by atoms with E-state index in [1.54, 1.807) is 0 Å². The zero-order chi connectivity index (χ0) is 16.7. The van der Waals surface area contributed by atoms with Gasteiger partial charge in [-0.05, 0) is 37.5 Å². The van der Waals surface area contributed by atoms with Gasteiger partial charge < -0.3 is 10.2 Å². The summed E-state index contributed by atoms with van der Waals surface area (Å²) in [6.07, 6.45) is 13.0. The average molecular weight is 330 g/mol. The third-order valence-electron chi connectivity index (χ3n) is 6.43. The van der Waals surface area contributed by atoms with Crippen LogP contribution in [0.25, 0.3) is 0 Å². The summed E-state index contributed by atoms with van der Waals surface area (Å²) in [5.41, 5.74) is 1.16. The third kappa shape index (κ3) is 3.23. The molecule has 1 saturated heterocycles. The zero-order valence-electron chi connectivity index (χ0n) is 14.9. The van der Waals surface area contributed by atoms with Crippen LogP contribution in [0.2, 0.25) is 0 Å². The minimum Gasteiger partial charge on any atom is -0.338 e. The number of rotatable bonds is 5. The first kappa shape index (κ1) is 16.1. The molecule has 0 bridgehead atoms. The van der Waals surface area contributed by atoms with E-state index in [-0.39, 0.29) is 11.9 Å². The molecule has 1 aromatic heterocycles. The largest absolute Gasteiger partial charge is 0.338 e. The molecule has 1 amide bonds. The van der Waals surface area contributed by atoms with Crippen LogP contribution in [0.5, 0.6) is 0 Å². The minimum atomic E-state index is 0.168. The first-order valence-electron chi connectivity index (χ1n) is 9.59. The van der Waals surface area contributed by atoms with Crippen LogP contribution >= 0.6 is 0 Å². The number of carbonyl (C=O) groups is 1. The van der Waals surface area contributed by atoms with E-state index in [2.05, 4.69) is 16.6 Å². The van der Waals surface area contributed by atoms with Gasteiger partial charge in [-0.25, -0.2) is 0 Å². The molecule has 2 saturated carbocycles. The van der Waals surface area contributed by atoms with Crippen molar-refractivity contribution in [2.75, 3.05) is 13.6 Å². The van der Waals surface area contributed by atoms with Crippen molar-refractivity contribution in [2.24, 2.45) is 24.8 Å². The fourth-order valence-corrected chi connectivity index (χ4v) is 4.95. The van der Waals surface area contributed by atoms with Gasteiger partial charge in [0.1, 0.15) is 0 Å². The van der Waals surface area contributed by atoms with E-state index in [9.17, 15) is 4.79 Å². The summed E-state index contributed by atoms with van der Waals surface area (Å²) in [4.78, 5) is 14.2. The Balaban J connectivity index is 1.38. The van der Waals surface area contributed by atoms with E-state index in [1.165, 1.54) is 38.5 Å². The lowest BCUT2D eigenvalue weighted by molar-refractivity contribution is -0.127. The molecule has 4 atom stereocenters. The minimum absolute atomic E-state index is 0.168. The van der Waals surface area contributed by atoms with Gasteiger partial charge in [0.25, 0.3) is 0 Å². The standard InChI is InChI=1S/C19H30N4O/c1-22-12-16(11-21-22)19-15(9-18(24)23(19)2)10-20-17-5-3-4-14(8-17)13-6-7-13/h11-15,17,19-20H,3-10H2,1-2H3/t14-,15-,17+,19+/m0/s1. The maximum Gasteiger partial charge on any atom is 0.223 e. The Morgan fingerprint density at radius 2 is 2.04 bits per heavy atom. The summed E-state index contributed by atoms with van der Waals surface area (Å²) in [6, 6.07) is 0.821. The van der Waals surface area contributed by atoms with Gasteiger partial charge in [0.05, 0.1) is 12.2 Å². The molecule has 4 rings (SSSR count). The van der Waals surface area contributed by atoms with E-state index >= 15 is 0 Å². The number of hydrogen-bond donors (Lipinski definition) is 1. The van der Waals surface area contributed by atoms with Crippen LogP contribution in [-0.2, 0) is 11.8 Å². The number of amides is 1. The molecule has 1 N–H and O–H groups in total. The van der Waals surface area contributed by atoms with Gasteiger partial charge in [-0.1, -0.05) is 12.8 Å². The third-order valence-corrected chi connectivity index (χ3v) is 6.43. The molecular formula is C19H30N4O. The quantitative estimate of drug-likeness (QED) is 0.902. The van der Waals surface area contributed by atoms with Gasteiger partial charge in [0, 0.05) is 50.8 Å². The van der Waals surface area contributed by atoms with Crippen LogP contribution in [0.1, 0.15) is 56.6 Å². The number of nitrogens with zero attached hydrogens (tertiary/aromatic N) is 3. The second-order valence-electron chi connectivity index (χ2n) is 8.23. The first-order valence-corrected chi connectivity index (χ1v) is 9.59. The molecule has 0 spiro atoms. The summed E-state index contributed by atoms with van der Waals surface area (Å²) in [7, 11) is 3.87. The molecule has 1 aliphatic heterocycles. The fraction of sp³-hybridized carbons (Fsp3) is 0.789. The van der Waals surface area contributed by atoms with Crippen LogP contribution in [0.15, 0.2) is 12.4 Å². The Kier molecular flexibility index (Phi) is 4.37. The lowest BCUT2D eigenvalue weighted by Gasteiger charge is -2.32. The predicted octanol–water partition coefficient (Wildman–Crippen LogP) is 2.50. The van der Waals surface area contributed by atoms with Gasteiger partial charge >= 0.3 is 0 Å². The number of carbonyl (C=O) groups excluding carboxylic acids is 1. The monoisotopic (exact) mass is 330 g/mol. The average Bonchev–Trinajstić information content (AvgIpc) is 3.29. The topological polar surface area (TPSA) is 50.2 Å². The van der Waals surface area contributed by atoms with Crippen molar-refractivity contribution >= 4 is 5.91 Å². The molecule has 3 fully saturated rings. The van der Waals surface area contributed by atoms with Crippen molar-refractivity contribution in [1.29, 1.82) is 0 Å². The molecule has 5 heteroatoms. The number of aryl methyl sites for hydroxylation is 1. The number of likely N-dealkylation sites (tertiary alicyclic amines) is 1. The summed E-state index contributed by atoms with van der Waals surface area (Å²) >= 11 is 0. The Bertz CT molecular complexity index is 594. The molecule has 0 unspecified atom stereocenters. The van der Waals surface area contributed by atoms with Crippen LogP contribution in [0.3, 0.4) is 0 Å². The number of aromatic nitrogens is 2. The molecule has 24 heavy (non-hydrogen) atoms. The summed E-state index contributed by atoms with van der Waals surface area (Å²) in [6.45, 7) is 0.942. The van der Waals surface area contributed by atoms with Crippen molar-refractivity contribution in [3.63, 3.8) is 0 Å². The SMILES string of the molecule is CN1C(=O)C[C@@H](CN[C@@H]2CCC[C@H](C3CC3)C2)[C@@H]1c1cnn(C)c1. The maximum atomic E-state index is 12.2. The normalized spacial score (nSPS) is 34.1.